The van der Waals surface area contributed by atoms with E-state index in [1.54, 1.807) is 13.0 Å². The fourth-order valence-electron chi connectivity index (χ4n) is 0.943. The maximum atomic E-state index is 13.0. The Bertz CT molecular complexity index is 314. The predicted molar refractivity (Wildman–Crippen MR) is 50.0 cm³/mol. The summed E-state index contributed by atoms with van der Waals surface area (Å²) < 4.78 is 13.0. The van der Waals surface area contributed by atoms with Crippen LogP contribution in [0.4, 0.5) is 4.39 Å². The Morgan fingerprint density at radius 2 is 2.23 bits per heavy atom. The summed E-state index contributed by atoms with van der Waals surface area (Å²) in [7, 11) is 0. The van der Waals surface area contributed by atoms with Gasteiger partial charge in [0.05, 0.1) is 17.2 Å². The van der Waals surface area contributed by atoms with Gasteiger partial charge in [-0.25, -0.2) is 4.39 Å². The summed E-state index contributed by atoms with van der Waals surface area (Å²) in [5, 5.41) is 8.98. The minimum atomic E-state index is -0.925. The maximum Gasteiger partial charge on any atom is 0.142 e. The van der Waals surface area contributed by atoms with Crippen LogP contribution >= 0.6 is 11.6 Å². The molecule has 0 aromatic heterocycles. The number of benzene rings is 1. The van der Waals surface area contributed by atoms with Crippen molar-refractivity contribution in [1.29, 1.82) is 0 Å². The second-order valence-corrected chi connectivity index (χ2v) is 3.61. The third-order valence-electron chi connectivity index (χ3n) is 1.91. The monoisotopic (exact) mass is 203 g/mol. The van der Waals surface area contributed by atoms with Gasteiger partial charge < -0.3 is 10.8 Å². The van der Waals surface area contributed by atoms with Crippen LogP contribution in [0.2, 0.25) is 5.02 Å². The molecule has 0 aliphatic heterocycles. The standard InChI is InChI=1S/C9H11ClFNO/c1-9(12,5-13)6-2-3-7(10)8(11)4-6/h2-4,13H,5,12H2,1H3. The van der Waals surface area contributed by atoms with Crippen LogP contribution in [0.3, 0.4) is 0 Å². The van der Waals surface area contributed by atoms with Crippen molar-refractivity contribution in [2.45, 2.75) is 12.5 Å². The van der Waals surface area contributed by atoms with E-state index in [1.807, 2.05) is 0 Å². The first-order chi connectivity index (χ1) is 5.97. The number of nitrogens with two attached hydrogens (primary N) is 1. The Hall–Kier alpha value is -0.640. The molecule has 1 aromatic rings. The lowest BCUT2D eigenvalue weighted by Crippen LogP contribution is -2.36. The van der Waals surface area contributed by atoms with Crippen molar-refractivity contribution in [3.05, 3.63) is 34.6 Å². The van der Waals surface area contributed by atoms with Crippen LogP contribution < -0.4 is 5.73 Å². The number of halogens is 2. The van der Waals surface area contributed by atoms with Crippen LogP contribution in [0.15, 0.2) is 18.2 Å². The fraction of sp³-hybridized carbons (Fsp3) is 0.333. The van der Waals surface area contributed by atoms with Gasteiger partial charge in [-0.3, -0.25) is 0 Å². The van der Waals surface area contributed by atoms with Crippen molar-refractivity contribution in [3.63, 3.8) is 0 Å². The van der Waals surface area contributed by atoms with Crippen LogP contribution in [-0.2, 0) is 5.54 Å². The van der Waals surface area contributed by atoms with Crippen molar-refractivity contribution in [2.24, 2.45) is 5.73 Å². The lowest BCUT2D eigenvalue weighted by molar-refractivity contribution is 0.210. The topological polar surface area (TPSA) is 46.2 Å². The molecule has 1 aromatic carbocycles. The Morgan fingerprint density at radius 1 is 1.62 bits per heavy atom. The van der Waals surface area contributed by atoms with Crippen molar-refractivity contribution in [2.75, 3.05) is 6.61 Å². The van der Waals surface area contributed by atoms with Gasteiger partial charge in [0.1, 0.15) is 5.82 Å². The first-order valence-corrected chi connectivity index (χ1v) is 4.20. The predicted octanol–water partition coefficient (Wildman–Crippen LogP) is 1.65. The third-order valence-corrected chi connectivity index (χ3v) is 2.21. The van der Waals surface area contributed by atoms with Gasteiger partial charge in [0, 0.05) is 0 Å². The molecule has 4 heteroatoms. The molecule has 72 valence electrons. The van der Waals surface area contributed by atoms with Crippen LogP contribution in [0.25, 0.3) is 0 Å². The quantitative estimate of drug-likeness (QED) is 0.768. The molecule has 1 unspecified atom stereocenters. The van der Waals surface area contributed by atoms with Gasteiger partial charge in [-0.2, -0.15) is 0 Å². The average Bonchev–Trinajstić information content (AvgIpc) is 2.09. The van der Waals surface area contributed by atoms with E-state index in [9.17, 15) is 4.39 Å². The summed E-state index contributed by atoms with van der Waals surface area (Å²) in [6, 6.07) is 4.26. The highest BCUT2D eigenvalue weighted by Gasteiger charge is 2.20. The van der Waals surface area contributed by atoms with E-state index < -0.39 is 11.4 Å². The highest BCUT2D eigenvalue weighted by atomic mass is 35.5. The zero-order valence-corrected chi connectivity index (χ0v) is 7.98. The third kappa shape index (κ3) is 2.18. The largest absolute Gasteiger partial charge is 0.394 e. The van der Waals surface area contributed by atoms with Crippen molar-refractivity contribution >= 4 is 11.6 Å². The van der Waals surface area contributed by atoms with E-state index in [4.69, 9.17) is 22.4 Å². The van der Waals surface area contributed by atoms with Crippen molar-refractivity contribution in [3.8, 4) is 0 Å². The van der Waals surface area contributed by atoms with Gasteiger partial charge in [0.15, 0.2) is 0 Å². The van der Waals surface area contributed by atoms with Crippen LogP contribution in [-0.4, -0.2) is 11.7 Å². The number of aliphatic hydroxyl groups excluding tert-OH is 1. The van der Waals surface area contributed by atoms with Crippen molar-refractivity contribution < 1.29 is 9.50 Å². The van der Waals surface area contributed by atoms with Crippen LogP contribution in [0, 0.1) is 5.82 Å². The summed E-state index contributed by atoms with van der Waals surface area (Å²) in [6.45, 7) is 1.38. The molecular formula is C9H11ClFNO. The van der Waals surface area contributed by atoms with Crippen LogP contribution in [0.1, 0.15) is 12.5 Å². The first kappa shape index (κ1) is 10.4. The summed E-state index contributed by atoms with van der Waals surface area (Å²) in [4.78, 5) is 0. The van der Waals surface area contributed by atoms with Gasteiger partial charge in [0.25, 0.3) is 0 Å². The molecule has 0 heterocycles. The normalized spacial score (nSPS) is 15.5. The average molecular weight is 204 g/mol. The summed E-state index contributed by atoms with van der Waals surface area (Å²) in [5.41, 5.74) is 5.30. The molecule has 0 fully saturated rings. The number of aliphatic hydroxyl groups is 1. The molecule has 0 radical (unpaired) electrons. The maximum absolute atomic E-state index is 13.0. The molecule has 3 N–H and O–H groups in total. The highest BCUT2D eigenvalue weighted by Crippen LogP contribution is 2.22. The van der Waals surface area contributed by atoms with E-state index in [0.29, 0.717) is 5.56 Å². The number of rotatable bonds is 2. The minimum Gasteiger partial charge on any atom is -0.394 e. The zero-order chi connectivity index (χ0) is 10.1. The second kappa shape index (κ2) is 3.62. The lowest BCUT2D eigenvalue weighted by Gasteiger charge is -2.22. The zero-order valence-electron chi connectivity index (χ0n) is 7.22. The number of hydrogen-bond acceptors (Lipinski definition) is 2. The van der Waals surface area contributed by atoms with E-state index in [0.717, 1.165) is 0 Å². The van der Waals surface area contributed by atoms with Gasteiger partial charge in [-0.05, 0) is 24.6 Å². The Kier molecular flexibility index (Phi) is 2.91. The van der Waals surface area contributed by atoms with Gasteiger partial charge in [-0.1, -0.05) is 17.7 Å². The molecule has 0 aliphatic carbocycles. The first-order valence-electron chi connectivity index (χ1n) is 3.82. The molecule has 0 bridgehead atoms. The summed E-state index contributed by atoms with van der Waals surface area (Å²) in [5.74, 6) is -0.524. The Morgan fingerprint density at radius 3 is 2.69 bits per heavy atom. The van der Waals surface area contributed by atoms with E-state index >= 15 is 0 Å². The van der Waals surface area contributed by atoms with E-state index in [-0.39, 0.29) is 11.6 Å². The minimum absolute atomic E-state index is 0.0532. The molecule has 0 spiro atoms. The van der Waals surface area contributed by atoms with Crippen LogP contribution in [0.5, 0.6) is 0 Å². The molecule has 0 amide bonds. The number of hydrogen-bond donors (Lipinski definition) is 2. The van der Waals surface area contributed by atoms with E-state index in [2.05, 4.69) is 0 Å². The summed E-state index contributed by atoms with van der Waals surface area (Å²) >= 11 is 5.50. The fourth-order valence-corrected chi connectivity index (χ4v) is 1.06. The smallest absolute Gasteiger partial charge is 0.142 e. The lowest BCUT2D eigenvalue weighted by atomic mass is 9.94. The Labute approximate surface area is 81.1 Å². The molecule has 13 heavy (non-hydrogen) atoms. The van der Waals surface area contributed by atoms with Gasteiger partial charge >= 0.3 is 0 Å². The highest BCUT2D eigenvalue weighted by molar-refractivity contribution is 6.30. The molecule has 0 saturated heterocycles. The molecule has 2 nitrogen and oxygen atoms in total. The second-order valence-electron chi connectivity index (χ2n) is 3.20. The Balaban J connectivity index is 3.10. The van der Waals surface area contributed by atoms with E-state index in [1.165, 1.54) is 12.1 Å². The molecular weight excluding hydrogens is 193 g/mol. The van der Waals surface area contributed by atoms with Gasteiger partial charge in [-0.15, -0.1) is 0 Å². The molecule has 1 atom stereocenters. The molecule has 0 aliphatic rings. The van der Waals surface area contributed by atoms with Gasteiger partial charge in [0.2, 0.25) is 0 Å². The summed E-state index contributed by atoms with van der Waals surface area (Å²) in [6.07, 6.45) is 0. The van der Waals surface area contributed by atoms with Crippen molar-refractivity contribution in [1.82, 2.24) is 0 Å². The SMILES string of the molecule is CC(N)(CO)c1ccc(Cl)c(F)c1. The molecule has 1 rings (SSSR count). The molecule has 0 saturated carbocycles.